The molecule has 0 N–H and O–H groups in total. The van der Waals surface area contributed by atoms with Gasteiger partial charge in [-0.05, 0) is 44.0 Å². The number of nitrogens with zero attached hydrogens (tertiary/aromatic N) is 1. The minimum absolute atomic E-state index is 0.0134. The minimum Gasteiger partial charge on any atom is -0.494 e. The van der Waals surface area contributed by atoms with Crippen LogP contribution in [0.4, 0.5) is 0 Å². The number of benzene rings is 1. The van der Waals surface area contributed by atoms with E-state index in [4.69, 9.17) is 4.74 Å². The summed E-state index contributed by atoms with van der Waals surface area (Å²) in [6, 6.07) is 6.63. The Morgan fingerprint density at radius 2 is 1.80 bits per heavy atom. The number of hydrogen-bond donors (Lipinski definition) is 0. The number of unbranched alkanes of at least 4 members (excludes halogenated alkanes) is 1. The molecule has 1 atom stereocenters. The second kappa shape index (κ2) is 7.64. The van der Waals surface area contributed by atoms with Crippen molar-refractivity contribution < 1.29 is 13.2 Å². The summed E-state index contributed by atoms with van der Waals surface area (Å²) >= 11 is 0. The van der Waals surface area contributed by atoms with Crippen LogP contribution >= 0.6 is 0 Å². The Bertz CT molecular complexity index is 496. The second-order valence-electron chi connectivity index (χ2n) is 4.95. The Morgan fingerprint density at radius 3 is 2.30 bits per heavy atom. The Morgan fingerprint density at radius 1 is 1.20 bits per heavy atom. The second-order valence-corrected chi connectivity index (χ2v) is 6.95. The van der Waals surface area contributed by atoms with Crippen molar-refractivity contribution in [3.63, 3.8) is 0 Å². The fourth-order valence-electron chi connectivity index (χ4n) is 1.70. The van der Waals surface area contributed by atoms with Gasteiger partial charge in [-0.25, -0.2) is 8.42 Å². The molecule has 0 heterocycles. The molecule has 0 aliphatic carbocycles. The fraction of sp³-hybridized carbons (Fsp3) is 0.600. The van der Waals surface area contributed by atoms with Crippen molar-refractivity contribution in [2.75, 3.05) is 13.7 Å². The number of hydrogen-bond acceptors (Lipinski definition) is 3. The van der Waals surface area contributed by atoms with E-state index < -0.39 is 10.0 Å². The maximum Gasteiger partial charge on any atom is 0.243 e. The largest absolute Gasteiger partial charge is 0.494 e. The Kier molecular flexibility index (Phi) is 6.49. The van der Waals surface area contributed by atoms with Gasteiger partial charge in [0.25, 0.3) is 0 Å². The van der Waals surface area contributed by atoms with Crippen LogP contribution in [-0.4, -0.2) is 32.4 Å². The topological polar surface area (TPSA) is 46.6 Å². The molecule has 1 aromatic carbocycles. The number of ether oxygens (including phenoxy) is 1. The van der Waals surface area contributed by atoms with Crippen molar-refractivity contribution in [1.29, 1.82) is 0 Å². The zero-order valence-electron chi connectivity index (χ0n) is 12.8. The van der Waals surface area contributed by atoms with E-state index in [-0.39, 0.29) is 6.04 Å². The summed E-state index contributed by atoms with van der Waals surface area (Å²) in [7, 11) is -1.79. The standard InChI is InChI=1S/C15H25NO3S/c1-5-7-12-19-14-8-10-15(11-9-14)20(17,18)16(4)13(3)6-2/h8-11,13H,5-7,12H2,1-4H3. The summed E-state index contributed by atoms with van der Waals surface area (Å²) < 4.78 is 31.7. The lowest BCUT2D eigenvalue weighted by atomic mass is 10.3. The van der Waals surface area contributed by atoms with Gasteiger partial charge < -0.3 is 4.74 Å². The van der Waals surface area contributed by atoms with Gasteiger partial charge in [0.15, 0.2) is 0 Å². The van der Waals surface area contributed by atoms with Crippen LogP contribution in [0.5, 0.6) is 5.75 Å². The van der Waals surface area contributed by atoms with Crippen LogP contribution in [0.25, 0.3) is 0 Å². The van der Waals surface area contributed by atoms with Gasteiger partial charge in [-0.1, -0.05) is 20.3 Å². The van der Waals surface area contributed by atoms with Gasteiger partial charge in [-0.2, -0.15) is 4.31 Å². The molecule has 0 aromatic heterocycles. The van der Waals surface area contributed by atoms with Crippen molar-refractivity contribution in [3.8, 4) is 5.75 Å². The summed E-state index contributed by atoms with van der Waals surface area (Å²) in [5.74, 6) is 0.712. The van der Waals surface area contributed by atoms with Gasteiger partial charge in [0.2, 0.25) is 10.0 Å². The monoisotopic (exact) mass is 299 g/mol. The summed E-state index contributed by atoms with van der Waals surface area (Å²) in [4.78, 5) is 0.308. The van der Waals surface area contributed by atoms with E-state index in [0.717, 1.165) is 19.3 Å². The van der Waals surface area contributed by atoms with Gasteiger partial charge >= 0.3 is 0 Å². The van der Waals surface area contributed by atoms with Crippen LogP contribution in [0.15, 0.2) is 29.2 Å². The molecule has 1 rings (SSSR count). The lowest BCUT2D eigenvalue weighted by molar-refractivity contribution is 0.309. The van der Waals surface area contributed by atoms with E-state index in [2.05, 4.69) is 6.92 Å². The quantitative estimate of drug-likeness (QED) is 0.692. The van der Waals surface area contributed by atoms with Crippen LogP contribution in [0.2, 0.25) is 0 Å². The lowest BCUT2D eigenvalue weighted by Gasteiger charge is -2.23. The maximum atomic E-state index is 12.4. The van der Waals surface area contributed by atoms with Crippen LogP contribution in [0.1, 0.15) is 40.0 Å². The van der Waals surface area contributed by atoms with E-state index in [1.807, 2.05) is 13.8 Å². The van der Waals surface area contributed by atoms with E-state index in [0.29, 0.717) is 17.3 Å². The molecule has 5 heteroatoms. The molecule has 114 valence electrons. The highest BCUT2D eigenvalue weighted by molar-refractivity contribution is 7.89. The highest BCUT2D eigenvalue weighted by atomic mass is 32.2. The molecule has 0 amide bonds. The van der Waals surface area contributed by atoms with Gasteiger partial charge in [-0.3, -0.25) is 0 Å². The zero-order valence-corrected chi connectivity index (χ0v) is 13.6. The van der Waals surface area contributed by atoms with E-state index in [1.54, 1.807) is 31.3 Å². The molecule has 1 unspecified atom stereocenters. The molecule has 4 nitrogen and oxygen atoms in total. The number of rotatable bonds is 8. The molecule has 0 saturated heterocycles. The average molecular weight is 299 g/mol. The molecule has 0 bridgehead atoms. The molecule has 0 saturated carbocycles. The van der Waals surface area contributed by atoms with Crippen molar-refractivity contribution >= 4 is 10.0 Å². The normalized spacial score (nSPS) is 13.4. The van der Waals surface area contributed by atoms with Crippen molar-refractivity contribution in [2.24, 2.45) is 0 Å². The first-order chi connectivity index (χ1) is 9.43. The van der Waals surface area contributed by atoms with Gasteiger partial charge in [0.05, 0.1) is 11.5 Å². The Hall–Kier alpha value is -1.07. The summed E-state index contributed by atoms with van der Waals surface area (Å²) in [6.07, 6.45) is 2.86. The first-order valence-electron chi connectivity index (χ1n) is 7.14. The van der Waals surface area contributed by atoms with Crippen LogP contribution < -0.4 is 4.74 Å². The maximum absolute atomic E-state index is 12.4. The van der Waals surface area contributed by atoms with Gasteiger partial charge in [0, 0.05) is 13.1 Å². The van der Waals surface area contributed by atoms with E-state index in [1.165, 1.54) is 4.31 Å². The highest BCUT2D eigenvalue weighted by Gasteiger charge is 2.24. The average Bonchev–Trinajstić information content (AvgIpc) is 2.46. The predicted molar refractivity (Wildman–Crippen MR) is 81.5 cm³/mol. The third kappa shape index (κ3) is 4.21. The lowest BCUT2D eigenvalue weighted by Crippen LogP contribution is -2.34. The fourth-order valence-corrected chi connectivity index (χ4v) is 3.14. The number of sulfonamides is 1. The van der Waals surface area contributed by atoms with Crippen molar-refractivity contribution in [2.45, 2.75) is 51.0 Å². The molecular formula is C15H25NO3S. The molecule has 0 aliphatic heterocycles. The zero-order chi connectivity index (χ0) is 15.2. The smallest absolute Gasteiger partial charge is 0.243 e. The first-order valence-corrected chi connectivity index (χ1v) is 8.58. The van der Waals surface area contributed by atoms with Gasteiger partial charge in [-0.15, -0.1) is 0 Å². The SMILES string of the molecule is CCCCOc1ccc(S(=O)(=O)N(C)C(C)CC)cc1. The molecule has 20 heavy (non-hydrogen) atoms. The Labute approximate surface area is 122 Å². The first kappa shape index (κ1) is 17.0. The highest BCUT2D eigenvalue weighted by Crippen LogP contribution is 2.21. The summed E-state index contributed by atoms with van der Waals surface area (Å²) in [6.45, 7) is 6.64. The molecule has 1 aromatic rings. The van der Waals surface area contributed by atoms with Crippen LogP contribution in [0.3, 0.4) is 0 Å². The Balaban J connectivity index is 2.81. The molecule has 0 radical (unpaired) electrons. The van der Waals surface area contributed by atoms with Gasteiger partial charge in [0.1, 0.15) is 5.75 Å². The molecule has 0 fully saturated rings. The summed E-state index contributed by atoms with van der Waals surface area (Å²) in [5.41, 5.74) is 0. The van der Waals surface area contributed by atoms with E-state index in [9.17, 15) is 8.42 Å². The minimum atomic E-state index is -3.41. The molecule has 0 aliphatic rings. The van der Waals surface area contributed by atoms with Crippen LogP contribution in [0, 0.1) is 0 Å². The predicted octanol–water partition coefficient (Wildman–Crippen LogP) is 3.28. The van der Waals surface area contributed by atoms with Crippen LogP contribution in [-0.2, 0) is 10.0 Å². The summed E-state index contributed by atoms with van der Waals surface area (Å²) in [5, 5.41) is 0. The molecule has 0 spiro atoms. The van der Waals surface area contributed by atoms with Crippen molar-refractivity contribution in [3.05, 3.63) is 24.3 Å². The van der Waals surface area contributed by atoms with E-state index >= 15 is 0 Å². The van der Waals surface area contributed by atoms with Crippen molar-refractivity contribution in [1.82, 2.24) is 4.31 Å². The third-order valence-electron chi connectivity index (χ3n) is 3.48. The molecular weight excluding hydrogens is 274 g/mol. The third-order valence-corrected chi connectivity index (χ3v) is 5.46.